The van der Waals surface area contributed by atoms with E-state index in [9.17, 15) is 0 Å². The van der Waals surface area contributed by atoms with Gasteiger partial charge in [0.2, 0.25) is 0 Å². The van der Waals surface area contributed by atoms with Crippen molar-refractivity contribution in [2.24, 2.45) is 5.92 Å². The summed E-state index contributed by atoms with van der Waals surface area (Å²) in [4.78, 5) is 6.07. The molecule has 0 saturated heterocycles. The quantitative estimate of drug-likeness (QED) is 0.696. The van der Waals surface area contributed by atoms with Crippen LogP contribution in [0.1, 0.15) is 36.8 Å². The van der Waals surface area contributed by atoms with E-state index in [2.05, 4.69) is 48.8 Å². The third-order valence-corrected chi connectivity index (χ3v) is 4.63. The first-order valence-electron chi connectivity index (χ1n) is 6.87. The molecule has 108 valence electrons. The normalized spacial score (nSPS) is 12.9. The second-order valence-electron chi connectivity index (χ2n) is 5.09. The van der Waals surface area contributed by atoms with E-state index in [1.165, 1.54) is 4.88 Å². The highest BCUT2D eigenvalue weighted by Gasteiger charge is 2.21. The number of benzene rings is 1. The van der Waals surface area contributed by atoms with Gasteiger partial charge in [-0.1, -0.05) is 41.9 Å². The van der Waals surface area contributed by atoms with E-state index in [1.54, 1.807) is 11.3 Å². The number of rotatable bonds is 5. The lowest BCUT2D eigenvalue weighted by molar-refractivity contribution is 0.0293. The standard InChI is InChI=1S/C16H20BrNOS/c1-5-19-15(10(2)3)16-18-14(11(4)20-16)12-7-6-8-13(17)9-12/h6-10,15H,5H2,1-4H3. The largest absolute Gasteiger partial charge is 0.371 e. The van der Waals surface area contributed by atoms with Crippen LogP contribution in [0.5, 0.6) is 0 Å². The summed E-state index contributed by atoms with van der Waals surface area (Å²) in [7, 11) is 0. The van der Waals surface area contributed by atoms with Gasteiger partial charge >= 0.3 is 0 Å². The van der Waals surface area contributed by atoms with Gasteiger partial charge in [-0.25, -0.2) is 4.98 Å². The first-order valence-corrected chi connectivity index (χ1v) is 8.48. The molecule has 0 amide bonds. The lowest BCUT2D eigenvalue weighted by atomic mass is 10.1. The van der Waals surface area contributed by atoms with Crippen LogP contribution >= 0.6 is 27.3 Å². The molecule has 4 heteroatoms. The van der Waals surface area contributed by atoms with Crippen LogP contribution in [0.15, 0.2) is 28.7 Å². The minimum atomic E-state index is 0.0876. The Morgan fingerprint density at radius 2 is 2.10 bits per heavy atom. The van der Waals surface area contributed by atoms with Crippen molar-refractivity contribution in [2.75, 3.05) is 6.61 Å². The molecule has 0 bridgehead atoms. The van der Waals surface area contributed by atoms with Crippen molar-refractivity contribution in [2.45, 2.75) is 33.8 Å². The molecule has 2 aromatic rings. The Morgan fingerprint density at radius 3 is 2.70 bits per heavy atom. The highest BCUT2D eigenvalue weighted by molar-refractivity contribution is 9.10. The maximum absolute atomic E-state index is 5.86. The minimum Gasteiger partial charge on any atom is -0.371 e. The Labute approximate surface area is 133 Å². The summed E-state index contributed by atoms with van der Waals surface area (Å²) in [6, 6.07) is 8.28. The number of nitrogens with zero attached hydrogens (tertiary/aromatic N) is 1. The van der Waals surface area contributed by atoms with Crippen molar-refractivity contribution in [3.05, 3.63) is 38.6 Å². The number of hydrogen-bond donors (Lipinski definition) is 0. The molecule has 1 aromatic heterocycles. The summed E-state index contributed by atoms with van der Waals surface area (Å²) in [6.07, 6.45) is 0.0876. The molecule has 0 saturated carbocycles. The summed E-state index contributed by atoms with van der Waals surface area (Å²) in [5.41, 5.74) is 2.22. The van der Waals surface area contributed by atoms with E-state index in [4.69, 9.17) is 9.72 Å². The Kier molecular flexibility index (Phi) is 5.35. The topological polar surface area (TPSA) is 22.1 Å². The van der Waals surface area contributed by atoms with Crippen LogP contribution in [0.2, 0.25) is 0 Å². The second kappa shape index (κ2) is 6.83. The van der Waals surface area contributed by atoms with Crippen molar-refractivity contribution in [1.29, 1.82) is 0 Å². The van der Waals surface area contributed by atoms with Crippen molar-refractivity contribution in [3.63, 3.8) is 0 Å². The van der Waals surface area contributed by atoms with Crippen LogP contribution in [0.4, 0.5) is 0 Å². The van der Waals surface area contributed by atoms with Gasteiger partial charge in [0.1, 0.15) is 11.1 Å². The van der Waals surface area contributed by atoms with Crippen LogP contribution in [-0.4, -0.2) is 11.6 Å². The zero-order chi connectivity index (χ0) is 14.7. The van der Waals surface area contributed by atoms with E-state index >= 15 is 0 Å². The van der Waals surface area contributed by atoms with Gasteiger partial charge < -0.3 is 4.74 Å². The molecule has 20 heavy (non-hydrogen) atoms. The smallest absolute Gasteiger partial charge is 0.123 e. The Bertz CT molecular complexity index is 580. The molecule has 1 heterocycles. The molecule has 0 radical (unpaired) electrons. The lowest BCUT2D eigenvalue weighted by Gasteiger charge is -2.18. The third-order valence-electron chi connectivity index (χ3n) is 3.11. The average molecular weight is 354 g/mol. The summed E-state index contributed by atoms with van der Waals surface area (Å²) in [5, 5.41) is 1.08. The lowest BCUT2D eigenvalue weighted by Crippen LogP contribution is -2.10. The van der Waals surface area contributed by atoms with Gasteiger partial charge in [0.05, 0.1) is 5.69 Å². The van der Waals surface area contributed by atoms with Gasteiger partial charge in [-0.05, 0) is 31.9 Å². The molecule has 0 aliphatic heterocycles. The van der Waals surface area contributed by atoms with Crippen molar-refractivity contribution in [1.82, 2.24) is 4.98 Å². The van der Waals surface area contributed by atoms with Gasteiger partial charge in [0.25, 0.3) is 0 Å². The van der Waals surface area contributed by atoms with Gasteiger partial charge in [-0.15, -0.1) is 11.3 Å². The zero-order valence-corrected chi connectivity index (χ0v) is 14.7. The van der Waals surface area contributed by atoms with Crippen molar-refractivity contribution < 1.29 is 4.74 Å². The van der Waals surface area contributed by atoms with E-state index in [0.717, 1.165) is 20.7 Å². The first-order chi connectivity index (χ1) is 9.52. The molecule has 1 aromatic carbocycles. The molecule has 0 aliphatic carbocycles. The molecule has 0 N–H and O–H groups in total. The average Bonchev–Trinajstić information content (AvgIpc) is 2.77. The van der Waals surface area contributed by atoms with Crippen molar-refractivity contribution >= 4 is 27.3 Å². The van der Waals surface area contributed by atoms with Gasteiger partial charge in [-0.2, -0.15) is 0 Å². The van der Waals surface area contributed by atoms with Crippen LogP contribution in [0.3, 0.4) is 0 Å². The molecule has 1 unspecified atom stereocenters. The summed E-state index contributed by atoms with van der Waals surface area (Å²) in [6.45, 7) is 9.23. The van der Waals surface area contributed by atoms with Crippen molar-refractivity contribution in [3.8, 4) is 11.3 Å². The number of halogens is 1. The number of aromatic nitrogens is 1. The molecule has 1 atom stereocenters. The number of aryl methyl sites for hydroxylation is 1. The third kappa shape index (κ3) is 3.48. The molecule has 2 rings (SSSR count). The predicted molar refractivity (Wildman–Crippen MR) is 89.2 cm³/mol. The Morgan fingerprint density at radius 1 is 1.35 bits per heavy atom. The predicted octanol–water partition coefficient (Wildman–Crippen LogP) is 5.61. The summed E-state index contributed by atoms with van der Waals surface area (Å²) < 4.78 is 6.93. The number of thiazole rings is 1. The second-order valence-corrected chi connectivity index (χ2v) is 7.24. The molecular weight excluding hydrogens is 334 g/mol. The fourth-order valence-electron chi connectivity index (χ4n) is 2.17. The van der Waals surface area contributed by atoms with Gasteiger partial charge in [0, 0.05) is 21.5 Å². The van der Waals surface area contributed by atoms with Gasteiger partial charge in [-0.3, -0.25) is 0 Å². The molecule has 2 nitrogen and oxygen atoms in total. The highest BCUT2D eigenvalue weighted by atomic mass is 79.9. The van der Waals surface area contributed by atoms with Crippen LogP contribution in [-0.2, 0) is 4.74 Å². The summed E-state index contributed by atoms with van der Waals surface area (Å²) in [5.74, 6) is 0.427. The Hall–Kier alpha value is -0.710. The maximum Gasteiger partial charge on any atom is 0.123 e. The SMILES string of the molecule is CCOC(c1nc(-c2cccc(Br)c2)c(C)s1)C(C)C. The van der Waals surface area contributed by atoms with Crippen LogP contribution in [0, 0.1) is 12.8 Å². The highest BCUT2D eigenvalue weighted by Crippen LogP contribution is 2.35. The van der Waals surface area contributed by atoms with Crippen LogP contribution < -0.4 is 0 Å². The minimum absolute atomic E-state index is 0.0876. The van der Waals surface area contributed by atoms with Crippen LogP contribution in [0.25, 0.3) is 11.3 Å². The fourth-order valence-corrected chi connectivity index (χ4v) is 3.74. The summed E-state index contributed by atoms with van der Waals surface area (Å²) >= 11 is 5.26. The molecule has 0 aliphatic rings. The van der Waals surface area contributed by atoms with E-state index in [-0.39, 0.29) is 6.10 Å². The molecular formula is C16H20BrNOS. The molecule has 0 spiro atoms. The monoisotopic (exact) mass is 353 g/mol. The number of ether oxygens (including phenoxy) is 1. The first kappa shape index (κ1) is 15.7. The Balaban J connectivity index is 2.38. The van der Waals surface area contributed by atoms with Gasteiger partial charge in [0.15, 0.2) is 0 Å². The van der Waals surface area contributed by atoms with E-state index in [0.29, 0.717) is 12.5 Å². The zero-order valence-electron chi connectivity index (χ0n) is 12.3. The fraction of sp³-hybridized carbons (Fsp3) is 0.438. The maximum atomic E-state index is 5.86. The molecule has 0 fully saturated rings. The number of hydrogen-bond acceptors (Lipinski definition) is 3. The van der Waals surface area contributed by atoms with E-state index in [1.807, 2.05) is 19.1 Å². The van der Waals surface area contributed by atoms with E-state index < -0.39 is 0 Å².